The lowest BCUT2D eigenvalue weighted by Gasteiger charge is -2.23. The number of sulfonamides is 1. The van der Waals surface area contributed by atoms with E-state index in [2.05, 4.69) is 0 Å². The van der Waals surface area contributed by atoms with Gasteiger partial charge >= 0.3 is 0 Å². The van der Waals surface area contributed by atoms with E-state index < -0.39 is 10.0 Å². The third-order valence-corrected chi connectivity index (χ3v) is 5.15. The molecule has 0 atom stereocenters. The van der Waals surface area contributed by atoms with Crippen molar-refractivity contribution in [3.05, 3.63) is 63.6 Å². The van der Waals surface area contributed by atoms with E-state index in [1.54, 1.807) is 42.5 Å². The Kier molecular flexibility index (Phi) is 5.34. The van der Waals surface area contributed by atoms with Gasteiger partial charge < -0.3 is 0 Å². The summed E-state index contributed by atoms with van der Waals surface area (Å²) in [7, 11) is -3.50. The molecule has 0 heterocycles. The summed E-state index contributed by atoms with van der Waals surface area (Å²) in [5, 5.41) is 0.775. The van der Waals surface area contributed by atoms with Crippen molar-refractivity contribution in [3.8, 4) is 0 Å². The van der Waals surface area contributed by atoms with Gasteiger partial charge in [0.25, 0.3) is 0 Å². The van der Waals surface area contributed by atoms with Crippen LogP contribution in [0.1, 0.15) is 22.8 Å². The highest BCUT2D eigenvalue weighted by Crippen LogP contribution is 2.26. The molecule has 0 fully saturated rings. The molecule has 0 radical (unpaired) electrons. The highest BCUT2D eigenvalue weighted by atomic mass is 35.5. The van der Waals surface area contributed by atoms with Gasteiger partial charge in [-0.1, -0.05) is 29.3 Å². The molecule has 0 amide bonds. The topological polar surface area (TPSA) is 54.5 Å². The summed E-state index contributed by atoms with van der Waals surface area (Å²) in [5.41, 5.74) is 1.71. The molecule has 0 spiro atoms. The molecule has 0 aliphatic rings. The second-order valence-corrected chi connectivity index (χ2v) is 7.84. The van der Waals surface area contributed by atoms with Crippen LogP contribution in [0.3, 0.4) is 0 Å². The number of carbonyl (C=O) groups is 1. The largest absolute Gasteiger partial charge is 0.295 e. The molecular formula is C16H15Cl2NO3S. The highest BCUT2D eigenvalue weighted by Gasteiger charge is 2.18. The Balaban J connectivity index is 2.37. The maximum atomic E-state index is 12.1. The van der Waals surface area contributed by atoms with Crippen molar-refractivity contribution < 1.29 is 13.2 Å². The maximum absolute atomic E-state index is 12.1. The predicted molar refractivity (Wildman–Crippen MR) is 93.9 cm³/mol. The van der Waals surface area contributed by atoms with Gasteiger partial charge in [-0.3, -0.25) is 9.10 Å². The number of hydrogen-bond donors (Lipinski definition) is 0. The van der Waals surface area contributed by atoms with E-state index in [9.17, 15) is 13.2 Å². The fraction of sp³-hybridized carbons (Fsp3) is 0.188. The van der Waals surface area contributed by atoms with Crippen molar-refractivity contribution in [1.82, 2.24) is 0 Å². The number of halogens is 2. The van der Waals surface area contributed by atoms with Crippen molar-refractivity contribution in [2.75, 3.05) is 10.6 Å². The molecule has 122 valence electrons. The van der Waals surface area contributed by atoms with E-state index in [1.165, 1.54) is 11.2 Å². The smallest absolute Gasteiger partial charge is 0.232 e. The number of nitrogens with zero attached hydrogens (tertiary/aromatic N) is 1. The molecule has 2 rings (SSSR count). The number of carbonyl (C=O) groups excluding carboxylic acids is 1. The van der Waals surface area contributed by atoms with Crippen molar-refractivity contribution in [1.29, 1.82) is 0 Å². The van der Waals surface area contributed by atoms with Gasteiger partial charge in [0.05, 0.1) is 28.5 Å². The van der Waals surface area contributed by atoms with Gasteiger partial charge in [0, 0.05) is 5.56 Å². The molecule has 7 heteroatoms. The summed E-state index contributed by atoms with van der Waals surface area (Å²) in [5.74, 6) is -0.0769. The maximum Gasteiger partial charge on any atom is 0.232 e. The molecule has 0 aromatic heterocycles. The molecule has 23 heavy (non-hydrogen) atoms. The molecule has 4 nitrogen and oxygen atoms in total. The molecule has 2 aromatic carbocycles. The zero-order valence-electron chi connectivity index (χ0n) is 12.6. The Morgan fingerprint density at radius 3 is 2.13 bits per heavy atom. The number of Topliss-reactive ketones (excluding diaryl/α,β-unsaturated/α-hetero) is 1. The van der Waals surface area contributed by atoms with Crippen molar-refractivity contribution in [3.63, 3.8) is 0 Å². The highest BCUT2D eigenvalue weighted by molar-refractivity contribution is 7.92. The minimum absolute atomic E-state index is 0.0769. The van der Waals surface area contributed by atoms with E-state index in [1.807, 2.05) is 0 Å². The molecule has 0 unspecified atom stereocenters. The fourth-order valence-electron chi connectivity index (χ4n) is 2.07. The van der Waals surface area contributed by atoms with E-state index in [0.29, 0.717) is 26.9 Å². The van der Waals surface area contributed by atoms with Gasteiger partial charge in [0.15, 0.2) is 5.78 Å². The average molecular weight is 372 g/mol. The zero-order chi connectivity index (χ0) is 17.2. The van der Waals surface area contributed by atoms with Crippen molar-refractivity contribution in [2.24, 2.45) is 0 Å². The van der Waals surface area contributed by atoms with Crippen LogP contribution in [0.2, 0.25) is 10.0 Å². The third kappa shape index (κ3) is 4.47. The summed E-state index contributed by atoms with van der Waals surface area (Å²) < 4.78 is 25.5. The van der Waals surface area contributed by atoms with Crippen molar-refractivity contribution >= 4 is 44.7 Å². The van der Waals surface area contributed by atoms with E-state index in [4.69, 9.17) is 23.2 Å². The van der Waals surface area contributed by atoms with Gasteiger partial charge in [-0.2, -0.15) is 0 Å². The van der Waals surface area contributed by atoms with Crippen LogP contribution in [0.5, 0.6) is 0 Å². The monoisotopic (exact) mass is 371 g/mol. The second-order valence-electron chi connectivity index (χ2n) is 5.12. The fourth-order valence-corrected chi connectivity index (χ4v) is 3.28. The minimum Gasteiger partial charge on any atom is -0.295 e. The van der Waals surface area contributed by atoms with Crippen LogP contribution in [-0.2, 0) is 16.6 Å². The van der Waals surface area contributed by atoms with Gasteiger partial charge in [0.2, 0.25) is 10.0 Å². The van der Waals surface area contributed by atoms with Gasteiger partial charge in [-0.25, -0.2) is 8.42 Å². The minimum atomic E-state index is -3.50. The van der Waals surface area contributed by atoms with Gasteiger partial charge in [-0.15, -0.1) is 0 Å². The van der Waals surface area contributed by atoms with Crippen LogP contribution in [-0.4, -0.2) is 20.5 Å². The number of rotatable bonds is 5. The van der Waals surface area contributed by atoms with Crippen molar-refractivity contribution in [2.45, 2.75) is 13.5 Å². The van der Waals surface area contributed by atoms with Gasteiger partial charge in [0.1, 0.15) is 0 Å². The van der Waals surface area contributed by atoms with E-state index >= 15 is 0 Å². The van der Waals surface area contributed by atoms with Gasteiger partial charge in [-0.05, 0) is 48.9 Å². The zero-order valence-corrected chi connectivity index (χ0v) is 14.9. The molecule has 0 saturated carbocycles. The first-order valence-corrected chi connectivity index (χ1v) is 9.31. The molecule has 2 aromatic rings. The molecule has 0 saturated heterocycles. The lowest BCUT2D eigenvalue weighted by molar-refractivity contribution is 0.101. The summed E-state index contributed by atoms with van der Waals surface area (Å²) >= 11 is 11.9. The molecule has 0 N–H and O–H groups in total. The van der Waals surface area contributed by atoms with E-state index in [-0.39, 0.29) is 12.3 Å². The lowest BCUT2D eigenvalue weighted by atomic mass is 10.1. The van der Waals surface area contributed by atoms with Crippen LogP contribution >= 0.6 is 23.2 Å². The summed E-state index contributed by atoms with van der Waals surface area (Å²) in [6.45, 7) is 1.58. The Labute approximate surface area is 145 Å². The summed E-state index contributed by atoms with van der Waals surface area (Å²) in [6.07, 6.45) is 1.13. The number of benzene rings is 2. The number of hydrogen-bond acceptors (Lipinski definition) is 3. The Bertz CT molecular complexity index is 833. The van der Waals surface area contributed by atoms with Crippen LogP contribution in [0, 0.1) is 0 Å². The van der Waals surface area contributed by atoms with Crippen LogP contribution in [0.25, 0.3) is 0 Å². The molecule has 0 aliphatic heterocycles. The number of anilines is 1. The average Bonchev–Trinajstić information content (AvgIpc) is 2.47. The quantitative estimate of drug-likeness (QED) is 0.741. The summed E-state index contributed by atoms with van der Waals surface area (Å²) in [6, 6.07) is 11.4. The van der Waals surface area contributed by atoms with Crippen LogP contribution in [0.15, 0.2) is 42.5 Å². The Morgan fingerprint density at radius 2 is 1.65 bits per heavy atom. The second kappa shape index (κ2) is 6.91. The summed E-state index contributed by atoms with van der Waals surface area (Å²) in [4.78, 5) is 11.3. The standard InChI is InChI=1S/C16H15Cl2NO3S/c1-11(20)13-4-6-14(7-5-13)19(23(2,21)22)10-12-3-8-15(17)16(18)9-12/h3-9H,10H2,1-2H3. The SMILES string of the molecule is CC(=O)c1ccc(N(Cc2ccc(Cl)c(Cl)c2)S(C)(=O)=O)cc1. The third-order valence-electron chi connectivity index (χ3n) is 3.27. The normalized spacial score (nSPS) is 11.3. The van der Waals surface area contributed by atoms with Crippen LogP contribution < -0.4 is 4.31 Å². The Hall–Kier alpha value is -1.56. The lowest BCUT2D eigenvalue weighted by Crippen LogP contribution is -2.29. The first-order chi connectivity index (χ1) is 10.7. The Morgan fingerprint density at radius 1 is 1.04 bits per heavy atom. The first-order valence-electron chi connectivity index (χ1n) is 6.71. The first kappa shape index (κ1) is 17.8. The molecule has 0 aliphatic carbocycles. The molecule has 0 bridgehead atoms. The molecular weight excluding hydrogens is 357 g/mol. The van der Waals surface area contributed by atoms with Crippen LogP contribution in [0.4, 0.5) is 5.69 Å². The van der Waals surface area contributed by atoms with E-state index in [0.717, 1.165) is 6.26 Å². The predicted octanol–water partition coefficient (Wildman–Crippen LogP) is 4.16. The number of ketones is 1.